The average Bonchev–Trinajstić information content (AvgIpc) is 3.18. The summed E-state index contributed by atoms with van der Waals surface area (Å²) < 4.78 is 81.5. The van der Waals surface area contributed by atoms with Crippen molar-refractivity contribution in [2.45, 2.75) is 37.6 Å². The first-order valence-electron chi connectivity index (χ1n) is 9.23. The van der Waals surface area contributed by atoms with E-state index in [1.165, 1.54) is 0 Å². The molecule has 0 aromatic heterocycles. The van der Waals surface area contributed by atoms with Crippen LogP contribution in [0.1, 0.15) is 29.6 Å². The molecule has 5 unspecified atom stereocenters. The van der Waals surface area contributed by atoms with Crippen LogP contribution in [0.3, 0.4) is 0 Å². The lowest BCUT2D eigenvalue weighted by atomic mass is 9.86. The predicted molar refractivity (Wildman–Crippen MR) is 115 cm³/mol. The van der Waals surface area contributed by atoms with Gasteiger partial charge in [0.2, 0.25) is 6.10 Å². The molecule has 1 aromatic carbocycles. The highest BCUT2D eigenvalue weighted by atomic mass is 79.9. The van der Waals surface area contributed by atoms with Crippen molar-refractivity contribution in [2.75, 3.05) is 5.75 Å². The number of hydrogen-bond acceptors (Lipinski definition) is 6. The Labute approximate surface area is 206 Å². The molecule has 0 aliphatic heterocycles. The van der Waals surface area contributed by atoms with Gasteiger partial charge in [-0.05, 0) is 69.2 Å². The van der Waals surface area contributed by atoms with Crippen LogP contribution in [-0.4, -0.2) is 49.0 Å². The molecule has 14 heteroatoms. The van der Waals surface area contributed by atoms with E-state index >= 15 is 0 Å². The fraction of sp³-hybridized carbons (Fsp3) is 0.556. The van der Waals surface area contributed by atoms with Gasteiger partial charge in [-0.1, -0.05) is 15.9 Å². The molecule has 0 heterocycles. The van der Waals surface area contributed by atoms with Crippen molar-refractivity contribution < 1.29 is 45.2 Å². The van der Waals surface area contributed by atoms with Crippen molar-refractivity contribution in [1.82, 2.24) is 0 Å². The summed E-state index contributed by atoms with van der Waals surface area (Å²) in [5.74, 6) is -5.25. The van der Waals surface area contributed by atoms with Crippen LogP contribution in [0.15, 0.2) is 25.6 Å². The molecule has 178 valence electrons. The summed E-state index contributed by atoms with van der Waals surface area (Å²) in [6, 6.07) is 3.30. The molecule has 32 heavy (non-hydrogen) atoms. The molecular formula is C18H16Br3F3O7S. The minimum absolute atomic E-state index is 0.0435. The second-order valence-electron chi connectivity index (χ2n) is 7.75. The van der Waals surface area contributed by atoms with Gasteiger partial charge in [0.15, 0.2) is 0 Å². The van der Waals surface area contributed by atoms with E-state index in [1.807, 2.05) is 0 Å². The van der Waals surface area contributed by atoms with Gasteiger partial charge in [-0.25, -0.2) is 4.79 Å². The highest BCUT2D eigenvalue weighted by molar-refractivity contribution is 9.11. The monoisotopic (exact) mass is 670 g/mol. The van der Waals surface area contributed by atoms with E-state index in [0.29, 0.717) is 26.3 Å². The van der Waals surface area contributed by atoms with Crippen LogP contribution in [-0.2, 0) is 24.4 Å². The summed E-state index contributed by atoms with van der Waals surface area (Å²) in [6.45, 7) is 0. The molecule has 1 aromatic rings. The fourth-order valence-electron chi connectivity index (χ4n) is 4.24. The van der Waals surface area contributed by atoms with Gasteiger partial charge in [0, 0.05) is 19.3 Å². The van der Waals surface area contributed by atoms with Crippen LogP contribution in [0.25, 0.3) is 0 Å². The molecule has 7 nitrogen and oxygen atoms in total. The Hall–Kier alpha value is -0.700. The van der Waals surface area contributed by atoms with Crippen LogP contribution in [0.5, 0.6) is 0 Å². The van der Waals surface area contributed by atoms with Crippen LogP contribution in [0.4, 0.5) is 13.2 Å². The van der Waals surface area contributed by atoms with Gasteiger partial charge in [0.05, 0.1) is 11.5 Å². The number of carbonyl (C=O) groups is 2. The minimum Gasteiger partial charge on any atom is -0.458 e. The first kappa shape index (κ1) is 25.9. The van der Waals surface area contributed by atoms with Crippen LogP contribution >= 0.6 is 47.8 Å². The second kappa shape index (κ2) is 9.51. The normalized spacial score (nSPS) is 26.1. The molecule has 2 bridgehead atoms. The molecule has 2 saturated carbocycles. The number of alkyl halides is 3. The van der Waals surface area contributed by atoms with Gasteiger partial charge in [0.1, 0.15) is 11.9 Å². The van der Waals surface area contributed by atoms with Crippen molar-refractivity contribution in [3.05, 3.63) is 31.1 Å². The van der Waals surface area contributed by atoms with E-state index in [0.717, 1.165) is 0 Å². The molecule has 2 aliphatic carbocycles. The molecule has 0 spiro atoms. The van der Waals surface area contributed by atoms with Crippen molar-refractivity contribution >= 4 is 69.8 Å². The number of ether oxygens (including phenoxy) is 2. The quantitative estimate of drug-likeness (QED) is 0.338. The molecular weight excluding hydrogens is 657 g/mol. The lowest BCUT2D eigenvalue weighted by molar-refractivity contribution is -0.218. The molecule has 1 N–H and O–H groups in total. The topological polar surface area (TPSA) is 107 Å². The summed E-state index contributed by atoms with van der Waals surface area (Å²) in [7, 11) is -5.03. The molecule has 2 fully saturated rings. The lowest BCUT2D eigenvalue weighted by Crippen LogP contribution is -2.42. The van der Waals surface area contributed by atoms with Gasteiger partial charge in [-0.2, -0.15) is 21.6 Å². The summed E-state index contributed by atoms with van der Waals surface area (Å²) in [6.07, 6.45) is -7.68. The average molecular weight is 673 g/mol. The zero-order chi connectivity index (χ0) is 24.0. The Morgan fingerprint density at radius 1 is 1.12 bits per heavy atom. The number of carbonyl (C=O) groups excluding carboxylic acids is 2. The van der Waals surface area contributed by atoms with E-state index in [4.69, 9.17) is 9.29 Å². The molecule has 0 radical (unpaired) electrons. The standard InChI is InChI=1S/C18H16Br3F3O7S/c19-8-4-11(20)15(12(21)5-8)17(26)30-13-3-7-1-9(13)10(2-7)16(25)31-14(18(22,23)24)6-32(27,28)29/h4-5,7,9-10,13-14H,1-3,6H2,(H,27,28,29). The van der Waals surface area contributed by atoms with Crippen LogP contribution in [0.2, 0.25) is 0 Å². The number of esters is 2. The smallest absolute Gasteiger partial charge is 0.426 e. The minimum atomic E-state index is -5.17. The Morgan fingerprint density at radius 3 is 2.22 bits per heavy atom. The Morgan fingerprint density at radius 2 is 1.72 bits per heavy atom. The molecule has 2 aliphatic rings. The lowest BCUT2D eigenvalue weighted by Gasteiger charge is -2.29. The zero-order valence-corrected chi connectivity index (χ0v) is 21.5. The van der Waals surface area contributed by atoms with E-state index in [2.05, 4.69) is 52.5 Å². The maximum absolute atomic E-state index is 13.1. The third-order valence-electron chi connectivity index (χ3n) is 5.51. The van der Waals surface area contributed by atoms with Crippen LogP contribution in [0, 0.1) is 17.8 Å². The van der Waals surface area contributed by atoms with E-state index in [9.17, 15) is 31.2 Å². The number of benzene rings is 1. The highest BCUT2D eigenvalue weighted by Gasteiger charge is 2.53. The van der Waals surface area contributed by atoms with Gasteiger partial charge >= 0.3 is 18.1 Å². The summed E-state index contributed by atoms with van der Waals surface area (Å²) in [4.78, 5) is 25.2. The second-order valence-corrected chi connectivity index (χ2v) is 11.9. The Kier molecular flexibility index (Phi) is 7.70. The highest BCUT2D eigenvalue weighted by Crippen LogP contribution is 2.50. The number of rotatable bonds is 6. The number of hydrogen-bond donors (Lipinski definition) is 1. The summed E-state index contributed by atoms with van der Waals surface area (Å²) >= 11 is 9.85. The van der Waals surface area contributed by atoms with Gasteiger partial charge < -0.3 is 9.47 Å². The SMILES string of the molecule is O=C(OC1CC2CC(C(=O)OC(CS(=O)(=O)O)C(F)(F)F)C1C2)c1c(Br)cc(Br)cc1Br. The summed E-state index contributed by atoms with van der Waals surface area (Å²) in [5, 5.41) is 0. The van der Waals surface area contributed by atoms with E-state index in [-0.39, 0.29) is 17.9 Å². The third kappa shape index (κ3) is 6.05. The molecule has 3 rings (SSSR count). The molecule has 0 amide bonds. The van der Waals surface area contributed by atoms with Crippen molar-refractivity contribution in [2.24, 2.45) is 17.8 Å². The van der Waals surface area contributed by atoms with Gasteiger partial charge in [-0.15, -0.1) is 0 Å². The maximum atomic E-state index is 13.1. The van der Waals surface area contributed by atoms with Crippen molar-refractivity contribution in [3.63, 3.8) is 0 Å². The Balaban J connectivity index is 1.71. The predicted octanol–water partition coefficient (Wildman–Crippen LogP) is 4.91. The third-order valence-corrected chi connectivity index (χ3v) is 7.94. The maximum Gasteiger partial charge on any atom is 0.426 e. The first-order chi connectivity index (χ1) is 14.7. The van der Waals surface area contributed by atoms with E-state index in [1.54, 1.807) is 12.1 Å². The summed E-state index contributed by atoms with van der Waals surface area (Å²) in [5.41, 5.74) is 0.223. The molecule has 5 atom stereocenters. The number of fused-ring (bicyclic) bond motifs is 2. The van der Waals surface area contributed by atoms with Gasteiger partial charge in [-0.3, -0.25) is 9.35 Å². The van der Waals surface area contributed by atoms with Crippen molar-refractivity contribution in [1.29, 1.82) is 0 Å². The Bertz CT molecular complexity index is 1010. The van der Waals surface area contributed by atoms with E-state index < -0.39 is 58.0 Å². The largest absolute Gasteiger partial charge is 0.458 e. The fourth-order valence-corrected chi connectivity index (χ4v) is 7.46. The first-order valence-corrected chi connectivity index (χ1v) is 13.2. The number of halogens is 6. The van der Waals surface area contributed by atoms with Crippen molar-refractivity contribution in [3.8, 4) is 0 Å². The van der Waals surface area contributed by atoms with Gasteiger partial charge in [0.25, 0.3) is 10.1 Å². The molecule has 0 saturated heterocycles. The van der Waals surface area contributed by atoms with Crippen LogP contribution < -0.4 is 0 Å². The zero-order valence-electron chi connectivity index (χ0n) is 15.9.